The number of carbonyl (C=O) groups is 2. The van der Waals surface area contributed by atoms with Crippen LogP contribution in [0.1, 0.15) is 26.3 Å². The highest BCUT2D eigenvalue weighted by Gasteiger charge is 2.19. The van der Waals surface area contributed by atoms with Gasteiger partial charge in [-0.25, -0.2) is 4.39 Å². The molecule has 0 fully saturated rings. The van der Waals surface area contributed by atoms with Crippen molar-refractivity contribution < 1.29 is 18.9 Å². The first-order valence-electron chi connectivity index (χ1n) is 6.51. The van der Waals surface area contributed by atoms with Crippen LogP contribution in [0.2, 0.25) is 0 Å². The third-order valence-corrected chi connectivity index (χ3v) is 3.15. The van der Waals surface area contributed by atoms with E-state index in [1.807, 2.05) is 0 Å². The Morgan fingerprint density at radius 3 is 2.17 bits per heavy atom. The zero-order valence-corrected chi connectivity index (χ0v) is 12.0. The standard InChI is InChI=1S/C15H12FN3O4/c1-9-10(6-4-8-13(9)19(22)23)14(20)17-18-15(21)11-5-2-3-7-12(11)16/h2-8H,1H3,(H,17,20)(H,18,21). The number of halogens is 1. The van der Waals surface area contributed by atoms with Crippen LogP contribution < -0.4 is 10.9 Å². The molecule has 0 unspecified atom stereocenters. The minimum absolute atomic E-state index is 0.0352. The fourth-order valence-corrected chi connectivity index (χ4v) is 1.96. The van der Waals surface area contributed by atoms with Gasteiger partial charge in [0.15, 0.2) is 0 Å². The molecular formula is C15H12FN3O4. The fourth-order valence-electron chi connectivity index (χ4n) is 1.96. The van der Waals surface area contributed by atoms with Gasteiger partial charge in [-0.05, 0) is 25.1 Å². The number of nitro benzene ring substituents is 1. The first-order chi connectivity index (χ1) is 10.9. The molecule has 0 saturated carbocycles. The van der Waals surface area contributed by atoms with Gasteiger partial charge in [0.1, 0.15) is 5.82 Å². The van der Waals surface area contributed by atoms with Crippen LogP contribution >= 0.6 is 0 Å². The van der Waals surface area contributed by atoms with Crippen LogP contribution in [-0.2, 0) is 0 Å². The van der Waals surface area contributed by atoms with Crippen molar-refractivity contribution in [3.8, 4) is 0 Å². The zero-order valence-electron chi connectivity index (χ0n) is 12.0. The van der Waals surface area contributed by atoms with Gasteiger partial charge in [0.05, 0.1) is 16.1 Å². The smallest absolute Gasteiger partial charge is 0.267 e. The quantitative estimate of drug-likeness (QED) is 0.668. The molecule has 118 valence electrons. The molecule has 0 aliphatic heterocycles. The lowest BCUT2D eigenvalue weighted by molar-refractivity contribution is -0.385. The molecule has 2 amide bonds. The van der Waals surface area contributed by atoms with Crippen LogP contribution in [0.25, 0.3) is 0 Å². The number of amides is 2. The van der Waals surface area contributed by atoms with E-state index in [-0.39, 0.29) is 22.4 Å². The Bertz CT molecular complexity index is 792. The van der Waals surface area contributed by atoms with Gasteiger partial charge in [-0.1, -0.05) is 18.2 Å². The van der Waals surface area contributed by atoms with Gasteiger partial charge in [-0.15, -0.1) is 0 Å². The molecule has 2 rings (SSSR count). The van der Waals surface area contributed by atoms with E-state index in [0.29, 0.717) is 0 Å². The first kappa shape index (κ1) is 16.1. The predicted octanol–water partition coefficient (Wildman–Crippen LogP) is 2.12. The molecular weight excluding hydrogens is 305 g/mol. The highest BCUT2D eigenvalue weighted by Crippen LogP contribution is 2.20. The fraction of sp³-hybridized carbons (Fsp3) is 0.0667. The lowest BCUT2D eigenvalue weighted by Gasteiger charge is -2.09. The number of hydrazine groups is 1. The van der Waals surface area contributed by atoms with E-state index in [1.54, 1.807) is 0 Å². The van der Waals surface area contributed by atoms with Crippen molar-refractivity contribution >= 4 is 17.5 Å². The molecule has 2 N–H and O–H groups in total. The van der Waals surface area contributed by atoms with Crippen LogP contribution in [0.3, 0.4) is 0 Å². The maximum absolute atomic E-state index is 13.4. The number of hydrogen-bond acceptors (Lipinski definition) is 4. The molecule has 0 saturated heterocycles. The van der Waals surface area contributed by atoms with E-state index >= 15 is 0 Å². The Hall–Kier alpha value is -3.29. The molecule has 23 heavy (non-hydrogen) atoms. The second-order valence-electron chi connectivity index (χ2n) is 4.59. The highest BCUT2D eigenvalue weighted by atomic mass is 19.1. The van der Waals surface area contributed by atoms with Crippen molar-refractivity contribution in [1.29, 1.82) is 0 Å². The SMILES string of the molecule is Cc1c(C(=O)NNC(=O)c2ccccc2F)cccc1[N+](=O)[O-]. The molecule has 0 spiro atoms. The van der Waals surface area contributed by atoms with Gasteiger partial charge in [-0.3, -0.25) is 30.6 Å². The van der Waals surface area contributed by atoms with E-state index in [9.17, 15) is 24.1 Å². The Balaban J connectivity index is 2.12. The highest BCUT2D eigenvalue weighted by molar-refractivity contribution is 6.00. The van der Waals surface area contributed by atoms with Gasteiger partial charge in [0, 0.05) is 11.6 Å². The monoisotopic (exact) mass is 317 g/mol. The Kier molecular flexibility index (Phi) is 4.65. The minimum atomic E-state index is -0.834. The second kappa shape index (κ2) is 6.65. The van der Waals surface area contributed by atoms with E-state index in [4.69, 9.17) is 0 Å². The number of nitrogens with one attached hydrogen (secondary N) is 2. The molecule has 2 aromatic rings. The molecule has 0 atom stereocenters. The van der Waals surface area contributed by atoms with E-state index in [2.05, 4.69) is 10.9 Å². The third kappa shape index (κ3) is 3.49. The van der Waals surface area contributed by atoms with Gasteiger partial charge >= 0.3 is 0 Å². The number of nitro groups is 1. The van der Waals surface area contributed by atoms with E-state index in [1.165, 1.54) is 43.3 Å². The molecule has 8 heteroatoms. The van der Waals surface area contributed by atoms with Crippen molar-refractivity contribution in [1.82, 2.24) is 10.9 Å². The van der Waals surface area contributed by atoms with Gasteiger partial charge in [0.2, 0.25) is 0 Å². The van der Waals surface area contributed by atoms with Crippen molar-refractivity contribution in [2.45, 2.75) is 6.92 Å². The summed E-state index contributed by atoms with van der Waals surface area (Å²) in [5.74, 6) is -2.30. The molecule has 0 aliphatic rings. The number of hydrogen-bond donors (Lipinski definition) is 2. The molecule has 0 radical (unpaired) electrons. The predicted molar refractivity (Wildman–Crippen MR) is 79.2 cm³/mol. The van der Waals surface area contributed by atoms with E-state index in [0.717, 1.165) is 6.07 Å². The average Bonchev–Trinajstić information content (AvgIpc) is 2.52. The van der Waals surface area contributed by atoms with Gasteiger partial charge in [-0.2, -0.15) is 0 Å². The summed E-state index contributed by atoms with van der Waals surface area (Å²) in [6.07, 6.45) is 0. The maximum Gasteiger partial charge on any atom is 0.273 e. The average molecular weight is 317 g/mol. The second-order valence-corrected chi connectivity index (χ2v) is 4.59. The molecule has 0 aromatic heterocycles. The summed E-state index contributed by atoms with van der Waals surface area (Å²) in [5.41, 5.74) is 3.92. The summed E-state index contributed by atoms with van der Waals surface area (Å²) < 4.78 is 13.4. The van der Waals surface area contributed by atoms with Crippen molar-refractivity contribution in [3.05, 3.63) is 75.1 Å². The van der Waals surface area contributed by atoms with Crippen LogP contribution in [0, 0.1) is 22.9 Å². The van der Waals surface area contributed by atoms with E-state index < -0.39 is 22.6 Å². The zero-order chi connectivity index (χ0) is 17.0. The normalized spacial score (nSPS) is 10.0. The first-order valence-corrected chi connectivity index (χ1v) is 6.51. The molecule has 0 aliphatic carbocycles. The summed E-state index contributed by atoms with van der Waals surface area (Å²) >= 11 is 0. The Morgan fingerprint density at radius 1 is 1.00 bits per heavy atom. The number of carbonyl (C=O) groups excluding carboxylic acids is 2. The molecule has 7 nitrogen and oxygen atoms in total. The molecule has 0 heterocycles. The van der Waals surface area contributed by atoms with Crippen molar-refractivity contribution in [2.24, 2.45) is 0 Å². The van der Waals surface area contributed by atoms with Crippen LogP contribution in [0.15, 0.2) is 42.5 Å². The lowest BCUT2D eigenvalue weighted by Crippen LogP contribution is -2.42. The third-order valence-electron chi connectivity index (χ3n) is 3.15. The van der Waals surface area contributed by atoms with Gasteiger partial charge < -0.3 is 0 Å². The van der Waals surface area contributed by atoms with Crippen LogP contribution in [0.4, 0.5) is 10.1 Å². The van der Waals surface area contributed by atoms with Crippen LogP contribution in [0.5, 0.6) is 0 Å². The summed E-state index contributed by atoms with van der Waals surface area (Å²) in [4.78, 5) is 34.0. The molecule has 2 aromatic carbocycles. The van der Waals surface area contributed by atoms with Crippen molar-refractivity contribution in [3.63, 3.8) is 0 Å². The molecule has 0 bridgehead atoms. The van der Waals surface area contributed by atoms with Gasteiger partial charge in [0.25, 0.3) is 17.5 Å². The maximum atomic E-state index is 13.4. The summed E-state index contributed by atoms with van der Waals surface area (Å²) in [6, 6.07) is 9.29. The Morgan fingerprint density at radius 2 is 1.57 bits per heavy atom. The number of rotatable bonds is 3. The lowest BCUT2D eigenvalue weighted by atomic mass is 10.1. The number of nitrogens with zero attached hydrogens (tertiary/aromatic N) is 1. The van der Waals surface area contributed by atoms with Crippen LogP contribution in [-0.4, -0.2) is 16.7 Å². The minimum Gasteiger partial charge on any atom is -0.267 e. The topological polar surface area (TPSA) is 101 Å². The largest absolute Gasteiger partial charge is 0.273 e. The summed E-state index contributed by atoms with van der Waals surface area (Å²) in [5, 5.41) is 10.8. The summed E-state index contributed by atoms with van der Waals surface area (Å²) in [7, 11) is 0. The number of benzene rings is 2. The van der Waals surface area contributed by atoms with Crippen molar-refractivity contribution in [2.75, 3.05) is 0 Å². The Labute approximate surface area is 130 Å². The summed E-state index contributed by atoms with van der Waals surface area (Å²) in [6.45, 7) is 1.42.